The van der Waals surface area contributed by atoms with Crippen LogP contribution < -0.4 is 10.1 Å². The summed E-state index contributed by atoms with van der Waals surface area (Å²) in [6, 6.07) is 12.1. The predicted molar refractivity (Wildman–Crippen MR) is 104 cm³/mol. The predicted octanol–water partition coefficient (Wildman–Crippen LogP) is 3.48. The number of imidazole rings is 1. The number of nitrogens with one attached hydrogen (secondary N) is 2. The van der Waals surface area contributed by atoms with E-state index >= 15 is 0 Å². The molecule has 2 aromatic carbocycles. The Balaban J connectivity index is 1.55. The number of hydrogen-bond acceptors (Lipinski definition) is 6. The normalized spacial score (nSPS) is 10.6. The summed E-state index contributed by atoms with van der Waals surface area (Å²) in [6.45, 7) is 2.08. The second-order valence-electron chi connectivity index (χ2n) is 5.56. The quantitative estimate of drug-likeness (QED) is 0.478. The number of thioether (sulfide) groups is 1. The number of aromatic amines is 1. The molecule has 140 valence electrons. The van der Waals surface area contributed by atoms with E-state index in [1.54, 1.807) is 38.3 Å². The molecule has 3 aromatic rings. The van der Waals surface area contributed by atoms with Crippen LogP contribution >= 0.6 is 11.8 Å². The minimum absolute atomic E-state index is 0.165. The lowest BCUT2D eigenvalue weighted by molar-refractivity contribution is -0.113. The first-order chi connectivity index (χ1) is 13.1. The number of anilines is 1. The Morgan fingerprint density at radius 2 is 1.96 bits per heavy atom. The number of hydrogen-bond donors (Lipinski definition) is 2. The molecule has 1 aromatic heterocycles. The van der Waals surface area contributed by atoms with Crippen LogP contribution in [0.25, 0.3) is 11.0 Å². The molecule has 1 amide bonds. The number of amides is 1. The molecular weight excluding hydrogens is 366 g/mol. The topological polar surface area (TPSA) is 93.3 Å². The van der Waals surface area contributed by atoms with Crippen LogP contribution in [0, 0.1) is 0 Å². The first-order valence-electron chi connectivity index (χ1n) is 8.32. The summed E-state index contributed by atoms with van der Waals surface area (Å²) < 4.78 is 10.1. The number of rotatable bonds is 7. The van der Waals surface area contributed by atoms with Gasteiger partial charge in [0.25, 0.3) is 0 Å². The second kappa shape index (κ2) is 8.59. The fourth-order valence-corrected chi connectivity index (χ4v) is 3.08. The minimum Gasteiger partial charge on any atom is -0.497 e. The van der Waals surface area contributed by atoms with E-state index in [0.29, 0.717) is 23.0 Å². The van der Waals surface area contributed by atoms with Crippen molar-refractivity contribution in [3.63, 3.8) is 0 Å². The molecule has 3 rings (SSSR count). The Hall–Kier alpha value is -3.00. The van der Waals surface area contributed by atoms with Gasteiger partial charge in [-0.2, -0.15) is 0 Å². The molecule has 27 heavy (non-hydrogen) atoms. The summed E-state index contributed by atoms with van der Waals surface area (Å²) in [6.07, 6.45) is 0. The third-order valence-corrected chi connectivity index (χ3v) is 4.56. The van der Waals surface area contributed by atoms with Gasteiger partial charge in [-0.3, -0.25) is 4.79 Å². The number of carbonyl (C=O) groups excluding carboxylic acids is 2. The van der Waals surface area contributed by atoms with Gasteiger partial charge in [-0.1, -0.05) is 11.8 Å². The molecule has 0 fully saturated rings. The summed E-state index contributed by atoms with van der Waals surface area (Å²) >= 11 is 1.31. The highest BCUT2D eigenvalue weighted by Crippen LogP contribution is 2.23. The third-order valence-electron chi connectivity index (χ3n) is 3.69. The van der Waals surface area contributed by atoms with E-state index in [4.69, 9.17) is 9.47 Å². The van der Waals surface area contributed by atoms with Crippen LogP contribution in [0.2, 0.25) is 0 Å². The smallest absolute Gasteiger partial charge is 0.338 e. The van der Waals surface area contributed by atoms with Crippen molar-refractivity contribution in [1.29, 1.82) is 0 Å². The largest absolute Gasteiger partial charge is 0.497 e. The number of esters is 1. The Bertz CT molecular complexity index is 953. The van der Waals surface area contributed by atoms with Gasteiger partial charge in [0.05, 0.1) is 36.1 Å². The summed E-state index contributed by atoms with van der Waals surface area (Å²) in [5.41, 5.74) is 2.73. The number of aromatic nitrogens is 2. The SMILES string of the molecule is CCOC(=O)c1ccc(NC(=O)CSc2nc3ccc(OC)cc3[nH]2)cc1. The lowest BCUT2D eigenvalue weighted by Crippen LogP contribution is -2.14. The summed E-state index contributed by atoms with van der Waals surface area (Å²) in [7, 11) is 1.61. The van der Waals surface area contributed by atoms with Gasteiger partial charge in [0.15, 0.2) is 5.16 Å². The van der Waals surface area contributed by atoms with Crippen LogP contribution in [0.4, 0.5) is 5.69 Å². The summed E-state index contributed by atoms with van der Waals surface area (Å²) in [5.74, 6) is 0.400. The van der Waals surface area contributed by atoms with Crippen molar-refractivity contribution in [2.45, 2.75) is 12.1 Å². The van der Waals surface area contributed by atoms with Gasteiger partial charge in [0.2, 0.25) is 5.91 Å². The second-order valence-corrected chi connectivity index (χ2v) is 6.52. The number of H-pyrrole nitrogens is 1. The lowest BCUT2D eigenvalue weighted by Gasteiger charge is -2.06. The molecule has 0 aliphatic rings. The van der Waals surface area contributed by atoms with E-state index in [-0.39, 0.29) is 17.6 Å². The van der Waals surface area contributed by atoms with E-state index in [1.807, 2.05) is 18.2 Å². The van der Waals surface area contributed by atoms with Crippen LogP contribution in [-0.2, 0) is 9.53 Å². The number of nitrogens with zero attached hydrogens (tertiary/aromatic N) is 1. The zero-order chi connectivity index (χ0) is 19.2. The first-order valence-corrected chi connectivity index (χ1v) is 9.31. The van der Waals surface area contributed by atoms with E-state index in [1.165, 1.54) is 11.8 Å². The van der Waals surface area contributed by atoms with Crippen molar-refractivity contribution in [3.05, 3.63) is 48.0 Å². The van der Waals surface area contributed by atoms with Crippen molar-refractivity contribution in [3.8, 4) is 5.75 Å². The molecule has 0 bridgehead atoms. The first kappa shape index (κ1) is 18.8. The van der Waals surface area contributed by atoms with Gasteiger partial charge in [0.1, 0.15) is 5.75 Å². The van der Waals surface area contributed by atoms with Gasteiger partial charge in [-0.05, 0) is 43.3 Å². The van der Waals surface area contributed by atoms with Crippen molar-refractivity contribution >= 4 is 40.4 Å². The van der Waals surface area contributed by atoms with Gasteiger partial charge in [0, 0.05) is 11.8 Å². The monoisotopic (exact) mass is 385 g/mol. The average molecular weight is 385 g/mol. The highest BCUT2D eigenvalue weighted by Gasteiger charge is 2.10. The number of benzene rings is 2. The number of methoxy groups -OCH3 is 1. The maximum Gasteiger partial charge on any atom is 0.338 e. The fraction of sp³-hybridized carbons (Fsp3) is 0.211. The van der Waals surface area contributed by atoms with Gasteiger partial charge in [-0.25, -0.2) is 9.78 Å². The maximum absolute atomic E-state index is 12.1. The van der Waals surface area contributed by atoms with Gasteiger partial charge >= 0.3 is 5.97 Å². The highest BCUT2D eigenvalue weighted by molar-refractivity contribution is 7.99. The molecule has 2 N–H and O–H groups in total. The van der Waals surface area contributed by atoms with E-state index in [0.717, 1.165) is 16.8 Å². The van der Waals surface area contributed by atoms with Crippen LogP contribution in [0.15, 0.2) is 47.6 Å². The highest BCUT2D eigenvalue weighted by atomic mass is 32.2. The van der Waals surface area contributed by atoms with Crippen molar-refractivity contribution < 1.29 is 19.1 Å². The molecule has 0 spiro atoms. The van der Waals surface area contributed by atoms with E-state index in [2.05, 4.69) is 15.3 Å². The molecular formula is C19H19N3O4S. The van der Waals surface area contributed by atoms with Crippen molar-refractivity contribution in [2.75, 3.05) is 24.8 Å². The molecule has 0 saturated carbocycles. The zero-order valence-electron chi connectivity index (χ0n) is 14.9. The van der Waals surface area contributed by atoms with E-state index < -0.39 is 0 Å². The fourth-order valence-electron chi connectivity index (χ4n) is 2.40. The van der Waals surface area contributed by atoms with Crippen molar-refractivity contribution in [2.24, 2.45) is 0 Å². The number of carbonyl (C=O) groups is 2. The average Bonchev–Trinajstić information content (AvgIpc) is 3.09. The standard InChI is InChI=1S/C19H19N3O4S/c1-3-26-18(24)12-4-6-13(7-5-12)20-17(23)11-27-19-21-15-9-8-14(25-2)10-16(15)22-19/h4-10H,3,11H2,1-2H3,(H,20,23)(H,21,22). The molecule has 0 radical (unpaired) electrons. The Kier molecular flexibility index (Phi) is 5.97. The lowest BCUT2D eigenvalue weighted by atomic mass is 10.2. The van der Waals surface area contributed by atoms with Crippen LogP contribution in [0.5, 0.6) is 5.75 Å². The molecule has 8 heteroatoms. The molecule has 0 unspecified atom stereocenters. The Morgan fingerprint density at radius 3 is 2.67 bits per heavy atom. The summed E-state index contributed by atoms with van der Waals surface area (Å²) in [5, 5.41) is 3.45. The minimum atomic E-state index is -0.382. The Morgan fingerprint density at radius 1 is 1.19 bits per heavy atom. The van der Waals surface area contributed by atoms with Crippen molar-refractivity contribution in [1.82, 2.24) is 9.97 Å². The zero-order valence-corrected chi connectivity index (χ0v) is 15.8. The molecule has 0 aliphatic carbocycles. The Labute approximate surface area is 160 Å². The van der Waals surface area contributed by atoms with Crippen LogP contribution in [0.3, 0.4) is 0 Å². The molecule has 7 nitrogen and oxygen atoms in total. The number of fused-ring (bicyclic) bond motifs is 1. The third kappa shape index (κ3) is 4.79. The number of ether oxygens (including phenoxy) is 2. The molecule has 0 aliphatic heterocycles. The van der Waals surface area contributed by atoms with Gasteiger partial charge < -0.3 is 19.8 Å². The maximum atomic E-state index is 12.1. The molecule has 1 heterocycles. The van der Waals surface area contributed by atoms with Crippen LogP contribution in [0.1, 0.15) is 17.3 Å². The molecule has 0 atom stereocenters. The summed E-state index contributed by atoms with van der Waals surface area (Å²) in [4.78, 5) is 31.4. The molecule has 0 saturated heterocycles. The van der Waals surface area contributed by atoms with E-state index in [9.17, 15) is 9.59 Å². The van der Waals surface area contributed by atoms with Crippen LogP contribution in [-0.4, -0.2) is 41.3 Å². The van der Waals surface area contributed by atoms with Gasteiger partial charge in [-0.15, -0.1) is 0 Å².